The Labute approximate surface area is 99.7 Å². The second-order valence-electron chi connectivity index (χ2n) is 2.55. The molecular weight excluding hydrogens is 308 g/mol. The van der Waals surface area contributed by atoms with Gasteiger partial charge in [0, 0.05) is 10.7 Å². The average molecular weight is 314 g/mol. The monoisotopic (exact) mass is 312 g/mol. The van der Waals surface area contributed by atoms with Crippen LogP contribution in [0.5, 0.6) is 0 Å². The third kappa shape index (κ3) is 2.70. The number of esters is 1. The SMILES string of the molecule is COC(=O)c1cccc(S(=O)(=O)Cl)c1Br. The molecule has 0 spiro atoms. The Morgan fingerprint density at radius 1 is 1.47 bits per heavy atom. The second-order valence-corrected chi connectivity index (χ2v) is 5.87. The number of methoxy groups -OCH3 is 1. The predicted molar refractivity (Wildman–Crippen MR) is 58.5 cm³/mol. The highest BCUT2D eigenvalue weighted by Crippen LogP contribution is 2.28. The summed E-state index contributed by atoms with van der Waals surface area (Å²) in [4.78, 5) is 11.1. The molecule has 0 atom stereocenters. The van der Waals surface area contributed by atoms with Crippen LogP contribution in [0.25, 0.3) is 0 Å². The zero-order chi connectivity index (χ0) is 11.6. The maximum atomic E-state index is 11.2. The fourth-order valence-electron chi connectivity index (χ4n) is 0.967. The molecule has 1 aromatic rings. The van der Waals surface area contributed by atoms with Crippen molar-refractivity contribution in [2.75, 3.05) is 7.11 Å². The first-order chi connectivity index (χ1) is 6.88. The summed E-state index contributed by atoms with van der Waals surface area (Å²) in [5.41, 5.74) is 0.110. The van der Waals surface area contributed by atoms with E-state index in [1.54, 1.807) is 0 Å². The van der Waals surface area contributed by atoms with E-state index >= 15 is 0 Å². The van der Waals surface area contributed by atoms with Gasteiger partial charge in [-0.25, -0.2) is 13.2 Å². The first-order valence-electron chi connectivity index (χ1n) is 3.69. The van der Waals surface area contributed by atoms with Crippen molar-refractivity contribution >= 4 is 41.6 Å². The summed E-state index contributed by atoms with van der Waals surface area (Å²) < 4.78 is 26.8. The van der Waals surface area contributed by atoms with Crippen LogP contribution in [0.15, 0.2) is 27.6 Å². The van der Waals surface area contributed by atoms with Crippen molar-refractivity contribution in [1.29, 1.82) is 0 Å². The number of benzene rings is 1. The second kappa shape index (κ2) is 4.51. The molecule has 0 heterocycles. The summed E-state index contributed by atoms with van der Waals surface area (Å²) >= 11 is 2.99. The molecule has 1 rings (SSSR count). The van der Waals surface area contributed by atoms with Crippen LogP contribution in [0.3, 0.4) is 0 Å². The minimum absolute atomic E-state index is 0.104. The zero-order valence-corrected chi connectivity index (χ0v) is 10.7. The lowest BCUT2D eigenvalue weighted by Gasteiger charge is -2.05. The Morgan fingerprint density at radius 3 is 2.53 bits per heavy atom. The summed E-state index contributed by atoms with van der Waals surface area (Å²) in [5, 5.41) is 0. The van der Waals surface area contributed by atoms with E-state index in [0.717, 1.165) is 0 Å². The average Bonchev–Trinajstić information content (AvgIpc) is 2.15. The maximum absolute atomic E-state index is 11.2. The minimum atomic E-state index is -3.88. The smallest absolute Gasteiger partial charge is 0.339 e. The van der Waals surface area contributed by atoms with Crippen LogP contribution in [-0.4, -0.2) is 21.5 Å². The molecule has 0 amide bonds. The number of rotatable bonds is 2. The van der Waals surface area contributed by atoms with Gasteiger partial charge in [-0.15, -0.1) is 0 Å². The minimum Gasteiger partial charge on any atom is -0.465 e. The molecule has 0 fully saturated rings. The summed E-state index contributed by atoms with van der Waals surface area (Å²) in [7, 11) is 2.50. The lowest BCUT2D eigenvalue weighted by Crippen LogP contribution is -2.04. The van der Waals surface area contributed by atoms with E-state index in [9.17, 15) is 13.2 Å². The third-order valence-electron chi connectivity index (χ3n) is 1.63. The van der Waals surface area contributed by atoms with E-state index in [2.05, 4.69) is 20.7 Å². The number of carbonyl (C=O) groups is 1. The van der Waals surface area contributed by atoms with E-state index in [1.165, 1.54) is 25.3 Å². The Morgan fingerprint density at radius 2 is 2.07 bits per heavy atom. The van der Waals surface area contributed by atoms with Gasteiger partial charge in [0.15, 0.2) is 0 Å². The molecule has 0 saturated carbocycles. The van der Waals surface area contributed by atoms with Crippen molar-refractivity contribution in [3.63, 3.8) is 0 Å². The molecule has 82 valence electrons. The van der Waals surface area contributed by atoms with E-state index in [1.807, 2.05) is 0 Å². The van der Waals surface area contributed by atoms with Crippen LogP contribution < -0.4 is 0 Å². The zero-order valence-electron chi connectivity index (χ0n) is 7.53. The van der Waals surface area contributed by atoms with E-state index in [0.29, 0.717) is 0 Å². The lowest BCUT2D eigenvalue weighted by molar-refractivity contribution is 0.0599. The van der Waals surface area contributed by atoms with E-state index in [4.69, 9.17) is 10.7 Å². The van der Waals surface area contributed by atoms with Crippen molar-refractivity contribution < 1.29 is 17.9 Å². The summed E-state index contributed by atoms with van der Waals surface area (Å²) in [5.74, 6) is -0.635. The topological polar surface area (TPSA) is 60.4 Å². The van der Waals surface area contributed by atoms with Crippen molar-refractivity contribution in [3.05, 3.63) is 28.2 Å². The Balaban J connectivity index is 3.43. The molecular formula is C8H6BrClO4S. The molecule has 0 bridgehead atoms. The number of ether oxygens (including phenoxy) is 1. The molecule has 0 aliphatic heterocycles. The highest BCUT2D eigenvalue weighted by atomic mass is 79.9. The number of hydrogen-bond donors (Lipinski definition) is 0. The lowest BCUT2D eigenvalue weighted by atomic mass is 10.2. The largest absolute Gasteiger partial charge is 0.465 e. The molecule has 0 unspecified atom stereocenters. The summed E-state index contributed by atoms with van der Waals surface area (Å²) in [6, 6.07) is 4.13. The normalized spacial score (nSPS) is 11.1. The van der Waals surface area contributed by atoms with Gasteiger partial charge in [0.1, 0.15) is 0 Å². The quantitative estimate of drug-likeness (QED) is 0.620. The van der Waals surface area contributed by atoms with Crippen LogP contribution in [0.4, 0.5) is 0 Å². The van der Waals surface area contributed by atoms with Crippen molar-refractivity contribution in [3.8, 4) is 0 Å². The predicted octanol–water partition coefficient (Wildman–Crippen LogP) is 2.16. The molecule has 4 nitrogen and oxygen atoms in total. The van der Waals surface area contributed by atoms with Gasteiger partial charge in [0.25, 0.3) is 9.05 Å². The van der Waals surface area contributed by atoms with E-state index in [-0.39, 0.29) is 14.9 Å². The van der Waals surface area contributed by atoms with Gasteiger partial charge in [-0.05, 0) is 28.1 Å². The van der Waals surface area contributed by atoms with Crippen LogP contribution in [0.1, 0.15) is 10.4 Å². The Kier molecular flexibility index (Phi) is 3.75. The molecule has 7 heteroatoms. The van der Waals surface area contributed by atoms with Crippen LogP contribution in [0, 0.1) is 0 Å². The van der Waals surface area contributed by atoms with Crippen LogP contribution in [-0.2, 0) is 13.8 Å². The molecule has 0 aliphatic carbocycles. The molecule has 0 aliphatic rings. The van der Waals surface area contributed by atoms with Gasteiger partial charge >= 0.3 is 5.97 Å². The van der Waals surface area contributed by atoms with E-state index < -0.39 is 15.0 Å². The Bertz CT molecular complexity index is 497. The standard InChI is InChI=1S/C8H6BrClO4S/c1-14-8(11)5-3-2-4-6(7(5)9)15(10,12)13/h2-4H,1H3. The molecule has 0 aromatic heterocycles. The third-order valence-corrected chi connectivity index (χ3v) is 4.11. The first kappa shape index (κ1) is 12.5. The number of halogens is 2. The fraction of sp³-hybridized carbons (Fsp3) is 0.125. The number of hydrogen-bond acceptors (Lipinski definition) is 4. The van der Waals surface area contributed by atoms with Gasteiger partial charge in [-0.1, -0.05) is 6.07 Å². The van der Waals surface area contributed by atoms with Crippen LogP contribution in [0.2, 0.25) is 0 Å². The van der Waals surface area contributed by atoms with Gasteiger partial charge in [0.05, 0.1) is 22.0 Å². The van der Waals surface area contributed by atoms with Crippen LogP contribution >= 0.6 is 26.6 Å². The van der Waals surface area contributed by atoms with Crippen molar-refractivity contribution in [2.45, 2.75) is 4.90 Å². The van der Waals surface area contributed by atoms with Gasteiger partial charge in [-0.3, -0.25) is 0 Å². The molecule has 1 aromatic carbocycles. The Hall–Kier alpha value is -0.590. The number of carbonyl (C=O) groups excluding carboxylic acids is 1. The summed E-state index contributed by atoms with van der Waals surface area (Å²) in [6.07, 6.45) is 0. The highest BCUT2D eigenvalue weighted by molar-refractivity contribution is 9.10. The molecule has 15 heavy (non-hydrogen) atoms. The fourth-order valence-corrected chi connectivity index (χ4v) is 3.26. The van der Waals surface area contributed by atoms with Crippen molar-refractivity contribution in [2.24, 2.45) is 0 Å². The maximum Gasteiger partial charge on any atom is 0.339 e. The molecule has 0 saturated heterocycles. The summed E-state index contributed by atoms with van der Waals surface area (Å²) in [6.45, 7) is 0. The highest BCUT2D eigenvalue weighted by Gasteiger charge is 2.20. The molecule has 0 N–H and O–H groups in total. The van der Waals surface area contributed by atoms with Gasteiger partial charge < -0.3 is 4.74 Å². The van der Waals surface area contributed by atoms with Gasteiger partial charge in [0.2, 0.25) is 0 Å². The van der Waals surface area contributed by atoms with Crippen molar-refractivity contribution in [1.82, 2.24) is 0 Å². The first-order valence-corrected chi connectivity index (χ1v) is 6.79. The van der Waals surface area contributed by atoms with Gasteiger partial charge in [-0.2, -0.15) is 0 Å². The molecule has 0 radical (unpaired) electrons.